The minimum absolute atomic E-state index is 1.09. The van der Waals surface area contributed by atoms with E-state index < -0.39 is 0 Å². The van der Waals surface area contributed by atoms with Crippen LogP contribution in [0.2, 0.25) is 0 Å². The molecule has 1 aliphatic rings. The lowest BCUT2D eigenvalue weighted by atomic mass is 10.2. The standard InChI is InChI=1S/C11H16/c1-2-4-6-8-10-11-9-7-5-3-1/h1-4,7,9H,5-6,8,10-11H2/b3-1+,4-2?,9-7?. The molecule has 0 N–H and O–H groups in total. The summed E-state index contributed by atoms with van der Waals surface area (Å²) in [7, 11) is 0. The van der Waals surface area contributed by atoms with Crippen molar-refractivity contribution in [3.05, 3.63) is 36.5 Å². The van der Waals surface area contributed by atoms with Gasteiger partial charge in [0, 0.05) is 0 Å². The first-order valence-electron chi connectivity index (χ1n) is 4.47. The van der Waals surface area contributed by atoms with Crippen LogP contribution < -0.4 is 0 Å². The Labute approximate surface area is 69.3 Å². The molecule has 0 aliphatic heterocycles. The summed E-state index contributed by atoms with van der Waals surface area (Å²) in [6, 6.07) is 0. The Hall–Kier alpha value is -0.780. The summed E-state index contributed by atoms with van der Waals surface area (Å²) in [6.45, 7) is 0. The van der Waals surface area contributed by atoms with Gasteiger partial charge in [-0.15, -0.1) is 0 Å². The van der Waals surface area contributed by atoms with Gasteiger partial charge in [-0.05, 0) is 32.1 Å². The Kier molecular flexibility index (Phi) is 4.51. The van der Waals surface area contributed by atoms with Gasteiger partial charge in [-0.1, -0.05) is 36.5 Å². The smallest absolute Gasteiger partial charge is 0.0166 e. The van der Waals surface area contributed by atoms with Crippen molar-refractivity contribution < 1.29 is 0 Å². The molecule has 0 nitrogen and oxygen atoms in total. The summed E-state index contributed by atoms with van der Waals surface area (Å²) in [5.41, 5.74) is 0. The first-order chi connectivity index (χ1) is 5.50. The van der Waals surface area contributed by atoms with Crippen molar-refractivity contribution in [1.29, 1.82) is 0 Å². The van der Waals surface area contributed by atoms with Gasteiger partial charge in [0.1, 0.15) is 0 Å². The van der Waals surface area contributed by atoms with Gasteiger partial charge >= 0.3 is 0 Å². The molecule has 0 radical (unpaired) electrons. The topological polar surface area (TPSA) is 0 Å². The molecule has 0 unspecified atom stereocenters. The van der Waals surface area contributed by atoms with E-state index in [0.717, 1.165) is 6.42 Å². The predicted molar refractivity (Wildman–Crippen MR) is 50.5 cm³/mol. The molecule has 0 bridgehead atoms. The van der Waals surface area contributed by atoms with E-state index >= 15 is 0 Å². The Morgan fingerprint density at radius 1 is 0.636 bits per heavy atom. The zero-order chi connectivity index (χ0) is 7.78. The van der Waals surface area contributed by atoms with Gasteiger partial charge in [-0.25, -0.2) is 0 Å². The van der Waals surface area contributed by atoms with Gasteiger partial charge in [0.25, 0.3) is 0 Å². The molecule has 0 spiro atoms. The van der Waals surface area contributed by atoms with Crippen molar-refractivity contribution in [2.45, 2.75) is 32.1 Å². The summed E-state index contributed by atoms with van der Waals surface area (Å²) in [5, 5.41) is 0. The highest BCUT2D eigenvalue weighted by Crippen LogP contribution is 2.03. The van der Waals surface area contributed by atoms with Crippen LogP contribution in [0.3, 0.4) is 0 Å². The van der Waals surface area contributed by atoms with Crippen molar-refractivity contribution in [2.24, 2.45) is 0 Å². The molecular weight excluding hydrogens is 132 g/mol. The van der Waals surface area contributed by atoms with Crippen LogP contribution in [-0.2, 0) is 0 Å². The van der Waals surface area contributed by atoms with E-state index in [4.69, 9.17) is 0 Å². The van der Waals surface area contributed by atoms with Crippen molar-refractivity contribution in [1.82, 2.24) is 0 Å². The highest BCUT2D eigenvalue weighted by molar-refractivity contribution is 5.05. The van der Waals surface area contributed by atoms with Crippen LogP contribution in [0, 0.1) is 0 Å². The maximum absolute atomic E-state index is 2.29. The zero-order valence-corrected chi connectivity index (χ0v) is 7.00. The molecule has 0 aromatic heterocycles. The average Bonchev–Trinajstić information content (AvgIpc) is 2.08. The van der Waals surface area contributed by atoms with Crippen molar-refractivity contribution >= 4 is 0 Å². The molecule has 1 aliphatic carbocycles. The second-order valence-electron chi connectivity index (χ2n) is 2.85. The summed E-state index contributed by atoms with van der Waals surface area (Å²) in [4.78, 5) is 0. The second kappa shape index (κ2) is 5.96. The number of rotatable bonds is 0. The summed E-state index contributed by atoms with van der Waals surface area (Å²) in [5.74, 6) is 0. The van der Waals surface area contributed by atoms with Crippen molar-refractivity contribution in [2.75, 3.05) is 0 Å². The largest absolute Gasteiger partial charge is 0.0882 e. The molecule has 0 heteroatoms. The fourth-order valence-corrected chi connectivity index (χ4v) is 1.15. The molecule has 0 saturated carbocycles. The Morgan fingerprint density at radius 3 is 2.27 bits per heavy atom. The van der Waals surface area contributed by atoms with Crippen LogP contribution in [0.25, 0.3) is 0 Å². The van der Waals surface area contributed by atoms with E-state index in [1.807, 2.05) is 0 Å². The molecule has 0 aromatic rings. The SMILES string of the molecule is C1=CCCCCC=CC/C=C/1. The molecule has 0 saturated heterocycles. The highest BCUT2D eigenvalue weighted by Gasteiger charge is 1.83. The lowest BCUT2D eigenvalue weighted by molar-refractivity contribution is 0.761. The van der Waals surface area contributed by atoms with Gasteiger partial charge in [-0.2, -0.15) is 0 Å². The maximum atomic E-state index is 2.29. The van der Waals surface area contributed by atoms with Crippen molar-refractivity contribution in [3.8, 4) is 0 Å². The minimum Gasteiger partial charge on any atom is -0.0882 e. The van der Waals surface area contributed by atoms with E-state index in [-0.39, 0.29) is 0 Å². The van der Waals surface area contributed by atoms with Crippen LogP contribution in [0.4, 0.5) is 0 Å². The molecule has 60 valence electrons. The lowest BCUT2D eigenvalue weighted by Crippen LogP contribution is -1.71. The maximum Gasteiger partial charge on any atom is -0.0166 e. The van der Waals surface area contributed by atoms with Crippen LogP contribution in [0.5, 0.6) is 0 Å². The molecule has 1 rings (SSSR count). The fraction of sp³-hybridized carbons (Fsp3) is 0.455. The fourth-order valence-electron chi connectivity index (χ4n) is 1.15. The van der Waals surface area contributed by atoms with E-state index in [2.05, 4.69) is 36.5 Å². The van der Waals surface area contributed by atoms with Crippen LogP contribution in [-0.4, -0.2) is 0 Å². The molecule has 0 amide bonds. The first-order valence-corrected chi connectivity index (χ1v) is 4.47. The van der Waals surface area contributed by atoms with E-state index in [0.29, 0.717) is 0 Å². The number of allylic oxidation sites excluding steroid dienone is 6. The van der Waals surface area contributed by atoms with Gasteiger partial charge < -0.3 is 0 Å². The Morgan fingerprint density at radius 2 is 1.36 bits per heavy atom. The summed E-state index contributed by atoms with van der Waals surface area (Å²) >= 11 is 0. The average molecular weight is 148 g/mol. The van der Waals surface area contributed by atoms with Crippen LogP contribution in [0.1, 0.15) is 32.1 Å². The van der Waals surface area contributed by atoms with Crippen LogP contribution >= 0.6 is 0 Å². The monoisotopic (exact) mass is 148 g/mol. The molecule has 0 heterocycles. The molecule has 11 heavy (non-hydrogen) atoms. The highest BCUT2D eigenvalue weighted by atomic mass is 13.9. The minimum atomic E-state index is 1.09. The third-order valence-corrected chi connectivity index (χ3v) is 1.81. The third kappa shape index (κ3) is 4.60. The molecule has 0 atom stereocenters. The van der Waals surface area contributed by atoms with E-state index in [1.165, 1.54) is 25.7 Å². The quantitative estimate of drug-likeness (QED) is 0.460. The van der Waals surface area contributed by atoms with Crippen molar-refractivity contribution in [3.63, 3.8) is 0 Å². The molecule has 0 fully saturated rings. The second-order valence-corrected chi connectivity index (χ2v) is 2.85. The van der Waals surface area contributed by atoms with Crippen LogP contribution in [0.15, 0.2) is 36.5 Å². The first kappa shape index (κ1) is 8.32. The van der Waals surface area contributed by atoms with Gasteiger partial charge in [-0.3, -0.25) is 0 Å². The number of hydrogen-bond donors (Lipinski definition) is 0. The van der Waals surface area contributed by atoms with E-state index in [9.17, 15) is 0 Å². The number of hydrogen-bond acceptors (Lipinski definition) is 0. The van der Waals surface area contributed by atoms with Gasteiger partial charge in [0.2, 0.25) is 0 Å². The van der Waals surface area contributed by atoms with E-state index in [1.54, 1.807) is 0 Å². The predicted octanol–water partition coefficient (Wildman–Crippen LogP) is 3.62. The summed E-state index contributed by atoms with van der Waals surface area (Å²) in [6.07, 6.45) is 19.5. The Balaban J connectivity index is 2.35. The molecular formula is C11H16. The normalized spacial score (nSPS) is 22.5. The third-order valence-electron chi connectivity index (χ3n) is 1.81. The van der Waals surface area contributed by atoms with Gasteiger partial charge in [0.05, 0.1) is 0 Å². The Bertz CT molecular complexity index is 161. The zero-order valence-electron chi connectivity index (χ0n) is 7.00. The van der Waals surface area contributed by atoms with Gasteiger partial charge in [0.15, 0.2) is 0 Å². The molecule has 0 aromatic carbocycles. The lowest BCUT2D eigenvalue weighted by Gasteiger charge is -1.90. The summed E-state index contributed by atoms with van der Waals surface area (Å²) < 4.78 is 0.